The van der Waals surface area contributed by atoms with E-state index in [1.54, 1.807) is 0 Å². The Hall–Kier alpha value is -0.570. The van der Waals surface area contributed by atoms with Crippen molar-refractivity contribution < 1.29 is 9.90 Å². The van der Waals surface area contributed by atoms with Gasteiger partial charge in [-0.3, -0.25) is 4.79 Å². The van der Waals surface area contributed by atoms with Crippen molar-refractivity contribution in [2.45, 2.75) is 64.8 Å². The molecule has 1 rings (SSSR count). The number of hydrogen-bond donors (Lipinski definition) is 2. The van der Waals surface area contributed by atoms with Crippen LogP contribution in [0.5, 0.6) is 0 Å². The molecule has 3 nitrogen and oxygen atoms in total. The van der Waals surface area contributed by atoms with E-state index in [4.69, 9.17) is 10.8 Å². The number of aliphatic carboxylic acids is 1. The molecule has 1 aliphatic carbocycles. The van der Waals surface area contributed by atoms with Crippen LogP contribution in [0, 0.1) is 17.8 Å². The molecule has 0 aromatic heterocycles. The van der Waals surface area contributed by atoms with Gasteiger partial charge in [0.25, 0.3) is 0 Å². The van der Waals surface area contributed by atoms with E-state index < -0.39 is 5.97 Å². The van der Waals surface area contributed by atoms with Crippen molar-refractivity contribution >= 4 is 5.97 Å². The fourth-order valence-corrected chi connectivity index (χ4v) is 2.90. The van der Waals surface area contributed by atoms with Crippen LogP contribution in [0.1, 0.15) is 58.8 Å². The third kappa shape index (κ3) is 4.66. The highest BCUT2D eigenvalue weighted by Crippen LogP contribution is 2.42. The maximum absolute atomic E-state index is 10.4. The molecule has 1 fully saturated rings. The van der Waals surface area contributed by atoms with Gasteiger partial charge in [0.15, 0.2) is 0 Å². The van der Waals surface area contributed by atoms with E-state index >= 15 is 0 Å². The minimum atomic E-state index is -0.673. The molecule has 0 bridgehead atoms. The van der Waals surface area contributed by atoms with Crippen molar-refractivity contribution in [3.05, 3.63) is 0 Å². The maximum atomic E-state index is 10.4. The van der Waals surface area contributed by atoms with Crippen LogP contribution in [0.2, 0.25) is 0 Å². The molecule has 0 aliphatic heterocycles. The molecule has 0 amide bonds. The van der Waals surface area contributed by atoms with E-state index in [-0.39, 0.29) is 0 Å². The van der Waals surface area contributed by atoms with Crippen molar-refractivity contribution in [1.82, 2.24) is 0 Å². The summed E-state index contributed by atoms with van der Waals surface area (Å²) in [6.45, 7) is 4.44. The minimum Gasteiger partial charge on any atom is -0.481 e. The predicted molar refractivity (Wildman–Crippen MR) is 69.7 cm³/mol. The van der Waals surface area contributed by atoms with Crippen LogP contribution in [-0.4, -0.2) is 17.1 Å². The Morgan fingerprint density at radius 2 is 2.00 bits per heavy atom. The topological polar surface area (TPSA) is 63.3 Å². The summed E-state index contributed by atoms with van der Waals surface area (Å²) in [6.07, 6.45) is 7.02. The van der Waals surface area contributed by atoms with Crippen LogP contribution in [0.25, 0.3) is 0 Å². The second-order valence-corrected chi connectivity index (χ2v) is 5.71. The lowest BCUT2D eigenvalue weighted by Gasteiger charge is -2.42. The highest BCUT2D eigenvalue weighted by Gasteiger charge is 2.35. The fraction of sp³-hybridized carbons (Fsp3) is 0.929. The van der Waals surface area contributed by atoms with E-state index in [0.29, 0.717) is 18.4 Å². The molecule has 0 saturated heterocycles. The van der Waals surface area contributed by atoms with Crippen molar-refractivity contribution in [1.29, 1.82) is 0 Å². The van der Waals surface area contributed by atoms with Crippen molar-refractivity contribution in [3.8, 4) is 0 Å². The second kappa shape index (κ2) is 7.00. The molecule has 3 N–H and O–H groups in total. The molecular formula is C14H27NO2. The van der Waals surface area contributed by atoms with E-state index in [2.05, 4.69) is 13.8 Å². The average Bonchev–Trinajstić information content (AvgIpc) is 2.14. The number of carboxylic acids is 1. The second-order valence-electron chi connectivity index (χ2n) is 5.71. The van der Waals surface area contributed by atoms with Crippen LogP contribution in [0.15, 0.2) is 0 Å². The van der Waals surface area contributed by atoms with E-state index in [1.807, 2.05) is 0 Å². The minimum absolute atomic E-state index is 0.315. The smallest absolute Gasteiger partial charge is 0.303 e. The van der Waals surface area contributed by atoms with Crippen LogP contribution in [-0.2, 0) is 4.79 Å². The Morgan fingerprint density at radius 1 is 1.35 bits per heavy atom. The summed E-state index contributed by atoms with van der Waals surface area (Å²) in [7, 11) is 0. The fourth-order valence-electron chi connectivity index (χ4n) is 2.90. The summed E-state index contributed by atoms with van der Waals surface area (Å²) < 4.78 is 0. The van der Waals surface area contributed by atoms with Crippen molar-refractivity contribution in [2.24, 2.45) is 23.5 Å². The Kier molecular flexibility index (Phi) is 5.96. The van der Waals surface area contributed by atoms with Crippen molar-refractivity contribution in [2.75, 3.05) is 0 Å². The summed E-state index contributed by atoms with van der Waals surface area (Å²) in [4.78, 5) is 10.4. The molecule has 1 aliphatic rings. The van der Waals surface area contributed by atoms with E-state index in [0.717, 1.165) is 31.1 Å². The number of carbonyl (C=O) groups is 1. The van der Waals surface area contributed by atoms with Gasteiger partial charge < -0.3 is 10.8 Å². The lowest BCUT2D eigenvalue weighted by atomic mass is 9.65. The predicted octanol–water partition coefficient (Wildman–Crippen LogP) is 3.03. The lowest BCUT2D eigenvalue weighted by Crippen LogP contribution is -2.41. The van der Waals surface area contributed by atoms with Gasteiger partial charge in [-0.05, 0) is 49.9 Å². The molecule has 3 heteroatoms. The standard InChI is InChI=1S/C14H27NO2/c1-3-5-13(15)12-8-11(9-12)10(2)6-4-7-14(16)17/h10-13H,3-9,15H2,1-2H3,(H,16,17). The molecule has 2 atom stereocenters. The van der Waals surface area contributed by atoms with Crippen LogP contribution >= 0.6 is 0 Å². The zero-order valence-corrected chi connectivity index (χ0v) is 11.2. The first-order chi connectivity index (χ1) is 8.04. The Bertz CT molecular complexity index is 236. The van der Waals surface area contributed by atoms with Gasteiger partial charge in [-0.2, -0.15) is 0 Å². The molecule has 0 heterocycles. The molecular weight excluding hydrogens is 214 g/mol. The number of carboxylic acid groups (broad SMARTS) is 1. The van der Waals surface area contributed by atoms with Gasteiger partial charge in [0, 0.05) is 12.5 Å². The van der Waals surface area contributed by atoms with Crippen LogP contribution in [0.3, 0.4) is 0 Å². The molecule has 0 aromatic rings. The van der Waals surface area contributed by atoms with Gasteiger partial charge in [0.1, 0.15) is 0 Å². The number of nitrogens with two attached hydrogens (primary N) is 1. The normalized spacial score (nSPS) is 27.2. The first kappa shape index (κ1) is 14.5. The van der Waals surface area contributed by atoms with Gasteiger partial charge in [0.2, 0.25) is 0 Å². The van der Waals surface area contributed by atoms with Gasteiger partial charge in [-0.15, -0.1) is 0 Å². The summed E-state index contributed by atoms with van der Waals surface area (Å²) >= 11 is 0. The lowest BCUT2D eigenvalue weighted by molar-refractivity contribution is -0.137. The summed E-state index contributed by atoms with van der Waals surface area (Å²) in [5.74, 6) is 1.51. The third-order valence-electron chi connectivity index (χ3n) is 4.29. The van der Waals surface area contributed by atoms with Gasteiger partial charge >= 0.3 is 5.97 Å². The molecule has 100 valence electrons. The van der Waals surface area contributed by atoms with E-state index in [1.165, 1.54) is 19.3 Å². The Balaban J connectivity index is 2.12. The zero-order chi connectivity index (χ0) is 12.8. The van der Waals surface area contributed by atoms with Crippen LogP contribution < -0.4 is 5.73 Å². The Morgan fingerprint density at radius 3 is 2.53 bits per heavy atom. The highest BCUT2D eigenvalue weighted by atomic mass is 16.4. The average molecular weight is 241 g/mol. The first-order valence-electron chi connectivity index (χ1n) is 7.02. The van der Waals surface area contributed by atoms with Crippen LogP contribution in [0.4, 0.5) is 0 Å². The van der Waals surface area contributed by atoms with Gasteiger partial charge in [0.05, 0.1) is 0 Å². The first-order valence-corrected chi connectivity index (χ1v) is 7.02. The summed E-state index contributed by atoms with van der Waals surface area (Å²) in [5.41, 5.74) is 6.11. The third-order valence-corrected chi connectivity index (χ3v) is 4.29. The summed E-state index contributed by atoms with van der Waals surface area (Å²) in [6, 6.07) is 0.391. The molecule has 0 aromatic carbocycles. The molecule has 0 radical (unpaired) electrons. The van der Waals surface area contributed by atoms with Crippen molar-refractivity contribution in [3.63, 3.8) is 0 Å². The molecule has 0 spiro atoms. The SMILES string of the molecule is CCCC(N)C1CC(C(C)CCCC(=O)O)C1. The highest BCUT2D eigenvalue weighted by molar-refractivity contribution is 5.66. The van der Waals surface area contributed by atoms with E-state index in [9.17, 15) is 4.79 Å². The van der Waals surface area contributed by atoms with Gasteiger partial charge in [-0.25, -0.2) is 0 Å². The largest absolute Gasteiger partial charge is 0.481 e. The monoisotopic (exact) mass is 241 g/mol. The summed E-state index contributed by atoms with van der Waals surface area (Å²) in [5, 5.41) is 8.59. The molecule has 17 heavy (non-hydrogen) atoms. The molecule has 2 unspecified atom stereocenters. The Labute approximate surface area is 105 Å². The quantitative estimate of drug-likeness (QED) is 0.686. The van der Waals surface area contributed by atoms with Gasteiger partial charge in [-0.1, -0.05) is 20.3 Å². The number of rotatable bonds is 8. The maximum Gasteiger partial charge on any atom is 0.303 e. The molecule has 1 saturated carbocycles. The number of hydrogen-bond acceptors (Lipinski definition) is 2. The zero-order valence-electron chi connectivity index (χ0n) is 11.2.